The Balaban J connectivity index is 1.59. The van der Waals surface area contributed by atoms with Crippen LogP contribution in [-0.2, 0) is 20.7 Å². The average Bonchev–Trinajstić information content (AvgIpc) is 3.18. The minimum Gasteiger partial charge on any atom is -0.493 e. The monoisotopic (exact) mass is 367 g/mol. The second kappa shape index (κ2) is 9.00. The van der Waals surface area contributed by atoms with Gasteiger partial charge in [0.1, 0.15) is 12.0 Å². The van der Waals surface area contributed by atoms with E-state index in [1.165, 1.54) is 14.2 Å². The van der Waals surface area contributed by atoms with E-state index in [4.69, 9.17) is 18.6 Å². The van der Waals surface area contributed by atoms with Gasteiger partial charge in [-0.05, 0) is 29.8 Å². The van der Waals surface area contributed by atoms with Gasteiger partial charge in [-0.1, -0.05) is 30.3 Å². The standard InChI is InChI=1S/C21H21NO5/c1-24-19(21(23)25-2)16-9-6-10-18(13-16)26-12-11-17-14-27-20(22-17)15-7-4-3-5-8-15/h3-10,13-14,19H,11-12H2,1-2H3. The summed E-state index contributed by atoms with van der Waals surface area (Å²) in [7, 11) is 2.79. The molecule has 1 aromatic heterocycles. The minimum atomic E-state index is -0.775. The van der Waals surface area contributed by atoms with Gasteiger partial charge >= 0.3 is 5.97 Å². The first-order valence-electron chi connectivity index (χ1n) is 8.54. The van der Waals surface area contributed by atoms with Crippen LogP contribution in [0.3, 0.4) is 0 Å². The van der Waals surface area contributed by atoms with Crippen molar-refractivity contribution in [3.8, 4) is 17.2 Å². The summed E-state index contributed by atoms with van der Waals surface area (Å²) in [6.45, 7) is 0.431. The van der Waals surface area contributed by atoms with Crippen molar-refractivity contribution >= 4 is 5.97 Å². The number of carbonyl (C=O) groups is 1. The second-order valence-corrected chi connectivity index (χ2v) is 5.82. The summed E-state index contributed by atoms with van der Waals surface area (Å²) < 4.78 is 21.3. The Bertz CT molecular complexity index is 875. The van der Waals surface area contributed by atoms with Crippen molar-refractivity contribution in [1.29, 1.82) is 0 Å². The van der Waals surface area contributed by atoms with Crippen molar-refractivity contribution in [2.24, 2.45) is 0 Å². The van der Waals surface area contributed by atoms with Gasteiger partial charge in [0, 0.05) is 19.1 Å². The van der Waals surface area contributed by atoms with Gasteiger partial charge < -0.3 is 18.6 Å². The molecule has 6 nitrogen and oxygen atoms in total. The maximum Gasteiger partial charge on any atom is 0.339 e. The zero-order chi connectivity index (χ0) is 19.1. The van der Waals surface area contributed by atoms with E-state index >= 15 is 0 Å². The van der Waals surface area contributed by atoms with Crippen molar-refractivity contribution in [2.75, 3.05) is 20.8 Å². The lowest BCUT2D eigenvalue weighted by Crippen LogP contribution is -2.16. The summed E-state index contributed by atoms with van der Waals surface area (Å²) in [4.78, 5) is 16.2. The summed E-state index contributed by atoms with van der Waals surface area (Å²) >= 11 is 0. The molecule has 0 N–H and O–H groups in total. The molecular formula is C21H21NO5. The third-order valence-electron chi connectivity index (χ3n) is 4.01. The van der Waals surface area contributed by atoms with E-state index in [0.717, 1.165) is 11.3 Å². The number of hydrogen-bond acceptors (Lipinski definition) is 6. The molecule has 0 aliphatic heterocycles. The Labute approximate surface area is 157 Å². The predicted molar refractivity (Wildman–Crippen MR) is 99.3 cm³/mol. The number of nitrogens with zero attached hydrogens (tertiary/aromatic N) is 1. The predicted octanol–water partition coefficient (Wildman–Crippen LogP) is 3.82. The average molecular weight is 367 g/mol. The fourth-order valence-corrected chi connectivity index (χ4v) is 2.65. The van der Waals surface area contributed by atoms with Crippen molar-refractivity contribution in [1.82, 2.24) is 4.98 Å². The molecule has 6 heteroatoms. The van der Waals surface area contributed by atoms with Crippen LogP contribution in [0.4, 0.5) is 0 Å². The molecule has 2 aromatic carbocycles. The van der Waals surface area contributed by atoms with E-state index in [9.17, 15) is 4.79 Å². The Morgan fingerprint density at radius 2 is 1.93 bits per heavy atom. The number of aromatic nitrogens is 1. The number of methoxy groups -OCH3 is 2. The van der Waals surface area contributed by atoms with Gasteiger partial charge in [-0.25, -0.2) is 9.78 Å². The Kier molecular flexibility index (Phi) is 6.22. The van der Waals surface area contributed by atoms with Crippen LogP contribution in [0.25, 0.3) is 11.5 Å². The molecule has 1 atom stereocenters. The molecular weight excluding hydrogens is 346 g/mol. The zero-order valence-corrected chi connectivity index (χ0v) is 15.3. The zero-order valence-electron chi connectivity index (χ0n) is 15.3. The largest absolute Gasteiger partial charge is 0.493 e. The van der Waals surface area contributed by atoms with Crippen LogP contribution >= 0.6 is 0 Å². The summed E-state index contributed by atoms with van der Waals surface area (Å²) in [5.74, 6) is 0.782. The van der Waals surface area contributed by atoms with Gasteiger partial charge in [0.15, 0.2) is 6.10 Å². The maximum atomic E-state index is 11.8. The number of ether oxygens (including phenoxy) is 3. The number of carbonyl (C=O) groups excluding carboxylic acids is 1. The number of benzene rings is 2. The van der Waals surface area contributed by atoms with Gasteiger partial charge in [-0.2, -0.15) is 0 Å². The van der Waals surface area contributed by atoms with E-state index in [0.29, 0.717) is 30.2 Å². The highest BCUT2D eigenvalue weighted by atomic mass is 16.6. The Morgan fingerprint density at radius 1 is 1.11 bits per heavy atom. The molecule has 0 fully saturated rings. The van der Waals surface area contributed by atoms with E-state index in [1.54, 1.807) is 18.4 Å². The molecule has 0 aliphatic carbocycles. The van der Waals surface area contributed by atoms with E-state index < -0.39 is 12.1 Å². The first kappa shape index (κ1) is 18.7. The van der Waals surface area contributed by atoms with Crippen LogP contribution in [0.5, 0.6) is 5.75 Å². The lowest BCUT2D eigenvalue weighted by molar-refractivity contribution is -0.152. The lowest BCUT2D eigenvalue weighted by atomic mass is 10.1. The molecule has 3 rings (SSSR count). The van der Waals surface area contributed by atoms with Gasteiger partial charge in [0.25, 0.3) is 0 Å². The molecule has 27 heavy (non-hydrogen) atoms. The SMILES string of the molecule is COC(=O)C(OC)c1cccc(OCCc2coc(-c3ccccc3)n2)c1. The highest BCUT2D eigenvalue weighted by molar-refractivity contribution is 5.76. The molecule has 1 heterocycles. The van der Waals surface area contributed by atoms with Crippen molar-refractivity contribution in [2.45, 2.75) is 12.5 Å². The molecule has 140 valence electrons. The Morgan fingerprint density at radius 3 is 2.67 bits per heavy atom. The number of esters is 1. The Hall–Kier alpha value is -3.12. The molecule has 0 amide bonds. The molecule has 0 saturated carbocycles. The highest BCUT2D eigenvalue weighted by Crippen LogP contribution is 2.23. The van der Waals surface area contributed by atoms with Crippen LogP contribution in [0, 0.1) is 0 Å². The second-order valence-electron chi connectivity index (χ2n) is 5.82. The smallest absolute Gasteiger partial charge is 0.339 e. The summed E-state index contributed by atoms with van der Waals surface area (Å²) in [5, 5.41) is 0. The normalized spacial score (nSPS) is 11.8. The van der Waals surface area contributed by atoms with E-state index in [1.807, 2.05) is 42.5 Å². The first-order valence-corrected chi connectivity index (χ1v) is 8.54. The van der Waals surface area contributed by atoms with Gasteiger partial charge in [0.05, 0.1) is 19.4 Å². The summed E-state index contributed by atoms with van der Waals surface area (Å²) in [5.41, 5.74) is 2.43. The first-order chi connectivity index (χ1) is 13.2. The third-order valence-corrected chi connectivity index (χ3v) is 4.01. The number of rotatable bonds is 8. The van der Waals surface area contributed by atoms with Crippen LogP contribution < -0.4 is 4.74 Å². The van der Waals surface area contributed by atoms with Crippen LogP contribution in [0.15, 0.2) is 65.3 Å². The van der Waals surface area contributed by atoms with E-state index in [-0.39, 0.29) is 0 Å². The maximum absolute atomic E-state index is 11.8. The third kappa shape index (κ3) is 4.74. The quantitative estimate of drug-likeness (QED) is 0.564. The topological polar surface area (TPSA) is 70.8 Å². The number of hydrogen-bond donors (Lipinski definition) is 0. The van der Waals surface area contributed by atoms with Crippen LogP contribution in [-0.4, -0.2) is 31.8 Å². The molecule has 0 bridgehead atoms. The fraction of sp³-hybridized carbons (Fsp3) is 0.238. The van der Waals surface area contributed by atoms with Crippen molar-refractivity contribution < 1.29 is 23.4 Å². The van der Waals surface area contributed by atoms with Crippen LogP contribution in [0.1, 0.15) is 17.4 Å². The van der Waals surface area contributed by atoms with Gasteiger partial charge in [-0.3, -0.25) is 0 Å². The summed E-state index contributed by atoms with van der Waals surface area (Å²) in [6.07, 6.45) is 1.47. The fourth-order valence-electron chi connectivity index (χ4n) is 2.65. The van der Waals surface area contributed by atoms with Crippen molar-refractivity contribution in [3.63, 3.8) is 0 Å². The van der Waals surface area contributed by atoms with Gasteiger partial charge in [-0.15, -0.1) is 0 Å². The van der Waals surface area contributed by atoms with Gasteiger partial charge in [0.2, 0.25) is 5.89 Å². The van der Waals surface area contributed by atoms with E-state index in [2.05, 4.69) is 4.98 Å². The summed E-state index contributed by atoms with van der Waals surface area (Å²) in [6, 6.07) is 16.9. The van der Waals surface area contributed by atoms with Crippen molar-refractivity contribution in [3.05, 3.63) is 72.1 Å². The molecule has 0 spiro atoms. The minimum absolute atomic E-state index is 0.431. The highest BCUT2D eigenvalue weighted by Gasteiger charge is 2.21. The molecule has 0 radical (unpaired) electrons. The lowest BCUT2D eigenvalue weighted by Gasteiger charge is -2.14. The van der Waals surface area contributed by atoms with Crippen LogP contribution in [0.2, 0.25) is 0 Å². The molecule has 0 saturated heterocycles. The molecule has 0 aliphatic rings. The number of oxazole rings is 1. The molecule has 1 unspecified atom stereocenters. The molecule has 3 aromatic rings.